The van der Waals surface area contributed by atoms with Crippen LogP contribution < -0.4 is 10.5 Å². The van der Waals surface area contributed by atoms with Gasteiger partial charge in [0.25, 0.3) is 0 Å². The number of aryl methyl sites for hydroxylation is 1. The largest absolute Gasteiger partial charge is 0.386 e. The molecule has 5 nitrogen and oxygen atoms in total. The van der Waals surface area contributed by atoms with Crippen LogP contribution in [0, 0.1) is 18.2 Å². The van der Waals surface area contributed by atoms with Crippen LogP contribution in [0.25, 0.3) is 0 Å². The fraction of sp³-hybridized carbons (Fsp3) is 0.500. The molecule has 1 aromatic rings. The molecule has 7 heteroatoms. The van der Waals surface area contributed by atoms with Crippen LogP contribution in [0.5, 0.6) is 0 Å². The second-order valence-electron chi connectivity index (χ2n) is 5.57. The molecule has 0 heterocycles. The Morgan fingerprint density at radius 2 is 1.95 bits per heavy atom. The highest BCUT2D eigenvalue weighted by Crippen LogP contribution is 2.30. The smallest absolute Gasteiger partial charge is 0.241 e. The lowest BCUT2D eigenvalue weighted by Gasteiger charge is -2.36. The molecule has 0 radical (unpaired) electrons. The molecule has 0 atom stereocenters. The van der Waals surface area contributed by atoms with Crippen molar-refractivity contribution in [2.24, 2.45) is 5.73 Å². The van der Waals surface area contributed by atoms with Crippen LogP contribution in [0.3, 0.4) is 0 Å². The quantitative estimate of drug-likeness (QED) is 0.586. The highest BCUT2D eigenvalue weighted by Gasteiger charge is 2.39. The zero-order chi connectivity index (χ0) is 15.7. The Morgan fingerprint density at radius 3 is 2.48 bits per heavy atom. The number of nitrogens with one attached hydrogen (secondary N) is 2. The fourth-order valence-corrected chi connectivity index (χ4v) is 4.48. The Balaban J connectivity index is 2.37. The summed E-state index contributed by atoms with van der Waals surface area (Å²) >= 11 is 0. The summed E-state index contributed by atoms with van der Waals surface area (Å²) in [4.78, 5) is 0.0232. The summed E-state index contributed by atoms with van der Waals surface area (Å²) in [6.07, 6.45) is 3.69. The Kier molecular flexibility index (Phi) is 4.34. The Bertz CT molecular complexity index is 652. The minimum Gasteiger partial charge on any atom is -0.386 e. The van der Waals surface area contributed by atoms with Gasteiger partial charge in [-0.25, -0.2) is 12.8 Å². The third-order valence-corrected chi connectivity index (χ3v) is 5.68. The third-order valence-electron chi connectivity index (χ3n) is 3.98. The van der Waals surface area contributed by atoms with Crippen LogP contribution in [0.1, 0.15) is 37.7 Å². The van der Waals surface area contributed by atoms with Gasteiger partial charge in [-0.15, -0.1) is 0 Å². The Hall–Kier alpha value is -1.47. The maximum atomic E-state index is 13.1. The van der Waals surface area contributed by atoms with Gasteiger partial charge in [-0.2, -0.15) is 4.72 Å². The van der Waals surface area contributed by atoms with Crippen LogP contribution in [-0.4, -0.2) is 19.8 Å². The molecule has 2 rings (SSSR count). The predicted octanol–water partition coefficient (Wildman–Crippen LogP) is 2.05. The van der Waals surface area contributed by atoms with E-state index in [1.165, 1.54) is 12.1 Å². The second-order valence-corrected chi connectivity index (χ2v) is 7.22. The topological polar surface area (TPSA) is 96.0 Å². The van der Waals surface area contributed by atoms with E-state index >= 15 is 0 Å². The lowest BCUT2D eigenvalue weighted by Crippen LogP contribution is -2.58. The molecule has 0 spiro atoms. The molecule has 21 heavy (non-hydrogen) atoms. The molecule has 4 N–H and O–H groups in total. The van der Waals surface area contributed by atoms with E-state index in [4.69, 9.17) is 11.1 Å². The highest BCUT2D eigenvalue weighted by atomic mass is 32.2. The normalized spacial score (nSPS) is 18.4. The highest BCUT2D eigenvalue weighted by molar-refractivity contribution is 7.89. The summed E-state index contributed by atoms with van der Waals surface area (Å²) in [7, 11) is -3.85. The van der Waals surface area contributed by atoms with E-state index in [-0.39, 0.29) is 10.7 Å². The lowest BCUT2D eigenvalue weighted by molar-refractivity contribution is 0.348. The summed E-state index contributed by atoms with van der Waals surface area (Å²) in [5.41, 5.74) is 4.96. The van der Waals surface area contributed by atoms with E-state index < -0.39 is 21.4 Å². The number of benzene rings is 1. The molecule has 0 amide bonds. The number of hydrogen-bond acceptors (Lipinski definition) is 3. The summed E-state index contributed by atoms with van der Waals surface area (Å²) in [5, 5.41) is 7.76. The minimum atomic E-state index is -3.85. The first kappa shape index (κ1) is 15.9. The van der Waals surface area contributed by atoms with Crippen LogP contribution in [-0.2, 0) is 10.0 Å². The van der Waals surface area contributed by atoms with Crippen molar-refractivity contribution >= 4 is 15.9 Å². The number of nitrogens with two attached hydrogens (primary N) is 1. The molecule has 116 valence electrons. The number of hydrogen-bond donors (Lipinski definition) is 3. The van der Waals surface area contributed by atoms with Crippen LogP contribution >= 0.6 is 0 Å². The molecule has 0 aromatic heterocycles. The molecular weight excluding hydrogens is 293 g/mol. The van der Waals surface area contributed by atoms with E-state index in [9.17, 15) is 12.8 Å². The molecule has 1 saturated carbocycles. The third kappa shape index (κ3) is 3.24. The molecule has 1 aliphatic rings. The van der Waals surface area contributed by atoms with Crippen molar-refractivity contribution in [2.75, 3.05) is 0 Å². The molecule has 0 bridgehead atoms. The Labute approximate surface area is 124 Å². The molecule has 1 aromatic carbocycles. The number of halogens is 1. The van der Waals surface area contributed by atoms with E-state index in [0.717, 1.165) is 25.3 Å². The second kappa shape index (κ2) is 5.73. The van der Waals surface area contributed by atoms with E-state index in [1.807, 2.05) is 0 Å². The van der Waals surface area contributed by atoms with E-state index in [2.05, 4.69) is 4.72 Å². The van der Waals surface area contributed by atoms with Gasteiger partial charge in [-0.1, -0.05) is 19.3 Å². The van der Waals surface area contributed by atoms with Gasteiger partial charge in [-0.05, 0) is 43.5 Å². The van der Waals surface area contributed by atoms with E-state index in [1.54, 1.807) is 6.92 Å². The molecule has 1 fully saturated rings. The van der Waals surface area contributed by atoms with Gasteiger partial charge in [0, 0.05) is 0 Å². The minimum absolute atomic E-state index is 0.0232. The lowest BCUT2D eigenvalue weighted by atomic mass is 9.82. The molecule has 1 aliphatic carbocycles. The van der Waals surface area contributed by atoms with E-state index in [0.29, 0.717) is 18.4 Å². The average Bonchev–Trinajstić information content (AvgIpc) is 2.38. The van der Waals surface area contributed by atoms with Crippen molar-refractivity contribution in [3.63, 3.8) is 0 Å². The first-order chi connectivity index (χ1) is 9.77. The van der Waals surface area contributed by atoms with Crippen LogP contribution in [0.15, 0.2) is 23.1 Å². The van der Waals surface area contributed by atoms with Crippen molar-refractivity contribution in [3.05, 3.63) is 29.6 Å². The van der Waals surface area contributed by atoms with Crippen LogP contribution in [0.2, 0.25) is 0 Å². The van der Waals surface area contributed by atoms with Gasteiger partial charge in [0.1, 0.15) is 11.7 Å². The molecule has 0 aliphatic heterocycles. The summed E-state index contributed by atoms with van der Waals surface area (Å²) in [5.74, 6) is -0.643. The SMILES string of the molecule is Cc1cc(F)ccc1S(=O)(=O)NC1(C(=N)N)CCCCC1. The van der Waals surface area contributed by atoms with Crippen molar-refractivity contribution < 1.29 is 12.8 Å². The van der Waals surface area contributed by atoms with Gasteiger partial charge in [-0.3, -0.25) is 5.41 Å². The van der Waals surface area contributed by atoms with Crippen molar-refractivity contribution in [2.45, 2.75) is 49.5 Å². The predicted molar refractivity (Wildman–Crippen MR) is 79.2 cm³/mol. The Morgan fingerprint density at radius 1 is 1.33 bits per heavy atom. The first-order valence-corrected chi connectivity index (χ1v) is 8.40. The van der Waals surface area contributed by atoms with Crippen LogP contribution in [0.4, 0.5) is 4.39 Å². The molecular formula is C14H20FN3O2S. The van der Waals surface area contributed by atoms with Crippen molar-refractivity contribution in [1.82, 2.24) is 4.72 Å². The standard InChI is InChI=1S/C14H20FN3O2S/c1-10-9-11(15)5-6-12(10)21(19,20)18-14(13(16)17)7-3-2-4-8-14/h5-6,9,18H,2-4,7-8H2,1H3,(H3,16,17). The van der Waals surface area contributed by atoms with Gasteiger partial charge in [0.2, 0.25) is 10.0 Å². The summed E-state index contributed by atoms with van der Waals surface area (Å²) in [6.45, 7) is 1.54. The van der Waals surface area contributed by atoms with Gasteiger partial charge in [0.05, 0.1) is 10.4 Å². The average molecular weight is 313 g/mol. The monoisotopic (exact) mass is 313 g/mol. The zero-order valence-corrected chi connectivity index (χ0v) is 12.8. The maximum Gasteiger partial charge on any atom is 0.241 e. The van der Waals surface area contributed by atoms with Gasteiger partial charge >= 0.3 is 0 Å². The van der Waals surface area contributed by atoms with Gasteiger partial charge < -0.3 is 5.73 Å². The zero-order valence-electron chi connectivity index (χ0n) is 11.9. The fourth-order valence-electron chi connectivity index (χ4n) is 2.81. The van der Waals surface area contributed by atoms with Crippen molar-refractivity contribution in [3.8, 4) is 0 Å². The van der Waals surface area contributed by atoms with Crippen molar-refractivity contribution in [1.29, 1.82) is 5.41 Å². The first-order valence-electron chi connectivity index (χ1n) is 6.91. The summed E-state index contributed by atoms with van der Waals surface area (Å²) in [6, 6.07) is 3.53. The number of rotatable bonds is 4. The molecule has 0 saturated heterocycles. The van der Waals surface area contributed by atoms with Gasteiger partial charge in [0.15, 0.2) is 0 Å². The number of sulfonamides is 1. The molecule has 0 unspecified atom stereocenters. The number of amidine groups is 1. The maximum absolute atomic E-state index is 13.1. The summed E-state index contributed by atoms with van der Waals surface area (Å²) < 4.78 is 40.8.